The molecule has 5 heteroatoms. The minimum atomic E-state index is -0.0955. The molecule has 2 rings (SSSR count). The molecule has 0 unspecified atom stereocenters. The lowest BCUT2D eigenvalue weighted by atomic mass is 10.3. The molecule has 1 fully saturated rings. The van der Waals surface area contributed by atoms with Gasteiger partial charge in [-0.15, -0.1) is 11.8 Å². The van der Waals surface area contributed by atoms with E-state index >= 15 is 0 Å². The maximum absolute atomic E-state index is 11.6. The average Bonchev–Trinajstić information content (AvgIpc) is 2.89. The van der Waals surface area contributed by atoms with Crippen molar-refractivity contribution in [3.63, 3.8) is 0 Å². The van der Waals surface area contributed by atoms with Crippen LogP contribution in [0, 0.1) is 0 Å². The van der Waals surface area contributed by atoms with Crippen molar-refractivity contribution in [2.24, 2.45) is 0 Å². The molecule has 0 saturated heterocycles. The highest BCUT2D eigenvalue weighted by Crippen LogP contribution is 2.21. The summed E-state index contributed by atoms with van der Waals surface area (Å²) in [7, 11) is 0. The van der Waals surface area contributed by atoms with E-state index in [-0.39, 0.29) is 12.0 Å². The van der Waals surface area contributed by atoms with Gasteiger partial charge in [0.1, 0.15) is 0 Å². The molecule has 98 valence electrons. The maximum atomic E-state index is 11.6. The van der Waals surface area contributed by atoms with E-state index in [1.54, 1.807) is 0 Å². The summed E-state index contributed by atoms with van der Waals surface area (Å²) in [4.78, 5) is 17.9. The van der Waals surface area contributed by atoms with Crippen LogP contribution >= 0.6 is 23.4 Å². The molecular weight excluding hydrogens is 270 g/mol. The predicted molar refractivity (Wildman–Crippen MR) is 73.7 cm³/mol. The molecule has 0 radical (unpaired) electrons. The summed E-state index contributed by atoms with van der Waals surface area (Å²) in [6, 6.07) is 7.43. The van der Waals surface area contributed by atoms with Crippen LogP contribution in [0.2, 0.25) is 5.02 Å². The van der Waals surface area contributed by atoms with Gasteiger partial charge in [0.15, 0.2) is 0 Å². The first-order valence-electron chi connectivity index (χ1n) is 6.07. The lowest BCUT2D eigenvalue weighted by molar-refractivity contribution is -0.135. The van der Waals surface area contributed by atoms with Gasteiger partial charge in [-0.25, -0.2) is 5.48 Å². The van der Waals surface area contributed by atoms with Crippen LogP contribution in [0.15, 0.2) is 29.2 Å². The molecule has 1 amide bonds. The molecule has 0 spiro atoms. The van der Waals surface area contributed by atoms with Crippen LogP contribution in [0.5, 0.6) is 0 Å². The van der Waals surface area contributed by atoms with Crippen molar-refractivity contribution in [2.75, 3.05) is 5.75 Å². The molecule has 1 aromatic rings. The van der Waals surface area contributed by atoms with Gasteiger partial charge in [0.05, 0.1) is 11.9 Å². The fraction of sp³-hybridized carbons (Fsp3) is 0.462. The van der Waals surface area contributed by atoms with Crippen molar-refractivity contribution in [1.29, 1.82) is 0 Å². The molecule has 1 saturated carbocycles. The van der Waals surface area contributed by atoms with Gasteiger partial charge in [-0.2, -0.15) is 0 Å². The van der Waals surface area contributed by atoms with E-state index in [9.17, 15) is 4.79 Å². The fourth-order valence-corrected chi connectivity index (χ4v) is 2.68. The van der Waals surface area contributed by atoms with Gasteiger partial charge in [-0.05, 0) is 37.1 Å². The molecule has 1 aliphatic rings. The largest absolute Gasteiger partial charge is 0.272 e. The minimum Gasteiger partial charge on any atom is -0.272 e. The van der Waals surface area contributed by atoms with Crippen molar-refractivity contribution in [2.45, 2.75) is 36.7 Å². The van der Waals surface area contributed by atoms with Crippen molar-refractivity contribution in [3.8, 4) is 0 Å². The van der Waals surface area contributed by atoms with Crippen LogP contribution in [0.3, 0.4) is 0 Å². The average molecular weight is 286 g/mol. The summed E-state index contributed by atoms with van der Waals surface area (Å²) in [6.45, 7) is 0. The molecule has 1 aliphatic carbocycles. The number of benzene rings is 1. The summed E-state index contributed by atoms with van der Waals surface area (Å²) in [5.41, 5.74) is 2.52. The Morgan fingerprint density at radius 2 is 2.00 bits per heavy atom. The van der Waals surface area contributed by atoms with Crippen molar-refractivity contribution >= 4 is 29.3 Å². The summed E-state index contributed by atoms with van der Waals surface area (Å²) < 4.78 is 0. The summed E-state index contributed by atoms with van der Waals surface area (Å²) in [5, 5.41) is 0.702. The topological polar surface area (TPSA) is 38.3 Å². The Kier molecular flexibility index (Phi) is 5.35. The Morgan fingerprint density at radius 1 is 1.33 bits per heavy atom. The van der Waals surface area contributed by atoms with Gasteiger partial charge < -0.3 is 0 Å². The van der Waals surface area contributed by atoms with E-state index in [1.807, 2.05) is 24.3 Å². The Labute approximate surface area is 116 Å². The minimum absolute atomic E-state index is 0.0955. The lowest BCUT2D eigenvalue weighted by Crippen LogP contribution is -2.29. The Balaban J connectivity index is 1.66. The number of carbonyl (C=O) groups excluding carboxylic acids is 1. The smallest absolute Gasteiger partial charge is 0.253 e. The molecule has 3 nitrogen and oxygen atoms in total. The third-order valence-corrected chi connectivity index (χ3v) is 4.09. The zero-order chi connectivity index (χ0) is 12.8. The number of carbonyl (C=O) groups is 1. The number of halogens is 1. The maximum Gasteiger partial charge on any atom is 0.253 e. The third kappa shape index (κ3) is 4.52. The van der Waals surface area contributed by atoms with Crippen LogP contribution in [0.1, 0.15) is 25.7 Å². The van der Waals surface area contributed by atoms with E-state index in [1.165, 1.54) is 24.6 Å². The van der Waals surface area contributed by atoms with E-state index in [0.717, 1.165) is 17.7 Å². The number of amides is 1. The quantitative estimate of drug-likeness (QED) is 0.665. The molecule has 0 heterocycles. The molecule has 1 N–H and O–H groups in total. The zero-order valence-electron chi connectivity index (χ0n) is 10.0. The highest BCUT2D eigenvalue weighted by atomic mass is 35.5. The summed E-state index contributed by atoms with van der Waals surface area (Å²) in [6.07, 6.45) is 4.68. The van der Waals surface area contributed by atoms with Gasteiger partial charge in [0.25, 0.3) is 5.91 Å². The van der Waals surface area contributed by atoms with Gasteiger partial charge in [0.2, 0.25) is 0 Å². The Hall–Kier alpha value is -0.710. The molecule has 0 atom stereocenters. The summed E-state index contributed by atoms with van der Waals surface area (Å²) >= 11 is 7.26. The first-order chi connectivity index (χ1) is 8.74. The molecule has 1 aromatic carbocycles. The van der Waals surface area contributed by atoms with Gasteiger partial charge in [-0.1, -0.05) is 24.4 Å². The molecule has 18 heavy (non-hydrogen) atoms. The van der Waals surface area contributed by atoms with Crippen LogP contribution < -0.4 is 5.48 Å². The first-order valence-corrected chi connectivity index (χ1v) is 7.43. The van der Waals surface area contributed by atoms with Gasteiger partial charge in [0, 0.05) is 9.92 Å². The third-order valence-electron chi connectivity index (χ3n) is 2.83. The van der Waals surface area contributed by atoms with E-state index in [4.69, 9.17) is 16.4 Å². The second kappa shape index (κ2) is 7.02. The predicted octanol–water partition coefficient (Wildman–Crippen LogP) is 3.42. The molecule has 0 aliphatic heterocycles. The normalized spacial score (nSPS) is 15.8. The van der Waals surface area contributed by atoms with Crippen molar-refractivity contribution < 1.29 is 9.63 Å². The van der Waals surface area contributed by atoms with Gasteiger partial charge in [-0.3, -0.25) is 9.63 Å². The molecular formula is C13H16ClNO2S. The number of nitrogens with one attached hydrogen (secondary N) is 1. The number of rotatable bonds is 5. The Morgan fingerprint density at radius 3 is 2.67 bits per heavy atom. The lowest BCUT2D eigenvalue weighted by Gasteiger charge is -2.11. The highest BCUT2D eigenvalue weighted by molar-refractivity contribution is 8.00. The monoisotopic (exact) mass is 285 g/mol. The van der Waals surface area contributed by atoms with Crippen LogP contribution in [-0.4, -0.2) is 17.8 Å². The fourth-order valence-electron chi connectivity index (χ4n) is 1.86. The first kappa shape index (κ1) is 13.7. The number of thioether (sulfide) groups is 1. The second-order valence-corrected chi connectivity index (χ2v) is 5.78. The van der Waals surface area contributed by atoms with Gasteiger partial charge >= 0.3 is 0 Å². The molecule has 0 aromatic heterocycles. The zero-order valence-corrected chi connectivity index (χ0v) is 11.6. The van der Waals surface area contributed by atoms with Crippen LogP contribution in [0.25, 0.3) is 0 Å². The van der Waals surface area contributed by atoms with E-state index in [2.05, 4.69) is 5.48 Å². The van der Waals surface area contributed by atoms with Crippen molar-refractivity contribution in [3.05, 3.63) is 29.3 Å². The van der Waals surface area contributed by atoms with Crippen LogP contribution in [0.4, 0.5) is 0 Å². The SMILES string of the molecule is O=C(CSc1ccc(Cl)cc1)NOC1CCCC1. The number of hydrogen-bond donors (Lipinski definition) is 1. The van der Waals surface area contributed by atoms with E-state index < -0.39 is 0 Å². The summed E-state index contributed by atoms with van der Waals surface area (Å²) in [5.74, 6) is 0.260. The molecule has 0 bridgehead atoms. The number of hydroxylamine groups is 1. The Bertz CT molecular complexity index is 390. The van der Waals surface area contributed by atoms with Crippen molar-refractivity contribution in [1.82, 2.24) is 5.48 Å². The van der Waals surface area contributed by atoms with E-state index in [0.29, 0.717) is 10.8 Å². The standard InChI is InChI=1S/C13H16ClNO2S/c14-10-5-7-12(8-6-10)18-9-13(16)15-17-11-3-1-2-4-11/h5-8,11H,1-4,9H2,(H,15,16). The number of hydrogen-bond acceptors (Lipinski definition) is 3. The highest BCUT2D eigenvalue weighted by Gasteiger charge is 2.16. The van der Waals surface area contributed by atoms with Crippen LogP contribution in [-0.2, 0) is 9.63 Å². The second-order valence-electron chi connectivity index (χ2n) is 4.29.